The van der Waals surface area contributed by atoms with Gasteiger partial charge in [-0.3, -0.25) is 4.79 Å². The van der Waals surface area contributed by atoms with E-state index in [-0.39, 0.29) is 29.3 Å². The van der Waals surface area contributed by atoms with Crippen LogP contribution in [0, 0.1) is 5.92 Å². The quantitative estimate of drug-likeness (QED) is 0.816. The van der Waals surface area contributed by atoms with Crippen LogP contribution in [0.25, 0.3) is 0 Å². The number of hydrogen-bond donors (Lipinski definition) is 1. The second kappa shape index (κ2) is 6.69. The van der Waals surface area contributed by atoms with E-state index in [0.29, 0.717) is 19.5 Å². The highest BCUT2D eigenvalue weighted by atomic mass is 32.2. The Morgan fingerprint density at radius 1 is 1.13 bits per heavy atom. The Morgan fingerprint density at radius 2 is 1.78 bits per heavy atom. The number of amides is 1. The van der Waals surface area contributed by atoms with Crippen molar-refractivity contribution < 1.29 is 17.9 Å². The highest BCUT2D eigenvalue weighted by molar-refractivity contribution is 7.89. The molecule has 1 unspecified atom stereocenters. The molecule has 2 aliphatic heterocycles. The van der Waals surface area contributed by atoms with Gasteiger partial charge in [-0.25, -0.2) is 12.7 Å². The van der Waals surface area contributed by atoms with Gasteiger partial charge in [0.1, 0.15) is 0 Å². The van der Waals surface area contributed by atoms with Crippen molar-refractivity contribution in [2.24, 2.45) is 11.7 Å². The average molecular weight is 344 g/mol. The van der Waals surface area contributed by atoms with E-state index in [2.05, 4.69) is 0 Å². The highest BCUT2D eigenvalue weighted by Crippen LogP contribution is 2.44. The van der Waals surface area contributed by atoms with Gasteiger partial charge >= 0.3 is 0 Å². The summed E-state index contributed by atoms with van der Waals surface area (Å²) in [5.41, 5.74) is 5.22. The fraction of sp³-hybridized carbons (Fsp3) is 0.938. The maximum atomic E-state index is 12.7. The lowest BCUT2D eigenvalue weighted by Gasteiger charge is -2.47. The first-order chi connectivity index (χ1) is 10.9. The van der Waals surface area contributed by atoms with Crippen molar-refractivity contribution in [2.45, 2.75) is 69.5 Å². The van der Waals surface area contributed by atoms with Crippen molar-refractivity contribution in [3.05, 3.63) is 0 Å². The van der Waals surface area contributed by atoms with E-state index in [1.54, 1.807) is 4.31 Å². The van der Waals surface area contributed by atoms with Crippen molar-refractivity contribution in [1.82, 2.24) is 4.31 Å². The van der Waals surface area contributed by atoms with Crippen molar-refractivity contribution in [2.75, 3.05) is 18.8 Å². The molecule has 1 atom stereocenters. The molecule has 2 N–H and O–H groups in total. The zero-order valence-electron chi connectivity index (χ0n) is 13.7. The summed E-state index contributed by atoms with van der Waals surface area (Å²) in [5.74, 6) is 0.0331. The zero-order valence-corrected chi connectivity index (χ0v) is 14.5. The number of carbonyl (C=O) groups excluding carboxylic acids is 1. The second-order valence-corrected chi connectivity index (χ2v) is 9.47. The molecule has 2 saturated heterocycles. The third-order valence-corrected chi connectivity index (χ3v) is 7.64. The van der Waals surface area contributed by atoms with E-state index < -0.39 is 10.0 Å². The standard InChI is InChI=1S/C16H28N2O4S/c17-15(19)11-13-4-9-18(10-5-13)23(20,21)12-14-3-1-6-16(22-14)7-2-8-16/h13-14H,1-12H2,(H2,17,19). The molecule has 3 aliphatic rings. The van der Waals surface area contributed by atoms with Crippen molar-refractivity contribution in [3.8, 4) is 0 Å². The number of nitrogens with two attached hydrogens (primary N) is 1. The van der Waals surface area contributed by atoms with Crippen LogP contribution in [-0.2, 0) is 19.6 Å². The van der Waals surface area contributed by atoms with Gasteiger partial charge in [0.15, 0.2) is 0 Å². The number of hydrogen-bond acceptors (Lipinski definition) is 4. The number of piperidine rings is 1. The average Bonchev–Trinajstić information content (AvgIpc) is 2.45. The first kappa shape index (κ1) is 17.2. The first-order valence-electron chi connectivity index (χ1n) is 8.83. The Morgan fingerprint density at radius 3 is 2.35 bits per heavy atom. The molecule has 3 rings (SSSR count). The van der Waals surface area contributed by atoms with E-state index >= 15 is 0 Å². The van der Waals surface area contributed by atoms with Gasteiger partial charge in [0, 0.05) is 19.5 Å². The summed E-state index contributed by atoms with van der Waals surface area (Å²) < 4.78 is 33.0. The van der Waals surface area contributed by atoms with E-state index in [0.717, 1.165) is 44.9 Å². The van der Waals surface area contributed by atoms with Crippen LogP contribution in [0.4, 0.5) is 0 Å². The van der Waals surface area contributed by atoms with Gasteiger partial charge in [-0.05, 0) is 57.3 Å². The van der Waals surface area contributed by atoms with Crippen LogP contribution >= 0.6 is 0 Å². The monoisotopic (exact) mass is 344 g/mol. The van der Waals surface area contributed by atoms with Gasteiger partial charge in [0.2, 0.25) is 15.9 Å². The highest BCUT2D eigenvalue weighted by Gasteiger charge is 2.43. The zero-order chi connectivity index (χ0) is 16.5. The minimum atomic E-state index is -3.28. The number of nitrogens with zero attached hydrogens (tertiary/aromatic N) is 1. The molecule has 23 heavy (non-hydrogen) atoms. The van der Waals surface area contributed by atoms with Crippen LogP contribution in [-0.4, -0.2) is 49.2 Å². The summed E-state index contributed by atoms with van der Waals surface area (Å²) in [6.07, 6.45) is 8.02. The van der Waals surface area contributed by atoms with Gasteiger partial charge < -0.3 is 10.5 Å². The van der Waals surface area contributed by atoms with Gasteiger partial charge in [-0.15, -0.1) is 0 Å². The van der Waals surface area contributed by atoms with E-state index in [4.69, 9.17) is 10.5 Å². The molecule has 0 bridgehead atoms. The molecule has 7 heteroatoms. The molecule has 3 fully saturated rings. The predicted molar refractivity (Wildman–Crippen MR) is 87.2 cm³/mol. The molecule has 6 nitrogen and oxygen atoms in total. The third kappa shape index (κ3) is 4.06. The minimum absolute atomic E-state index is 0.00703. The van der Waals surface area contributed by atoms with Gasteiger partial charge in [-0.1, -0.05) is 0 Å². The summed E-state index contributed by atoms with van der Waals surface area (Å²) in [6, 6.07) is 0. The molecule has 1 saturated carbocycles. The Bertz CT molecular complexity index is 536. The van der Waals surface area contributed by atoms with Crippen molar-refractivity contribution in [1.29, 1.82) is 0 Å². The maximum Gasteiger partial charge on any atom is 0.217 e. The topological polar surface area (TPSA) is 89.7 Å². The lowest BCUT2D eigenvalue weighted by Crippen LogP contribution is -2.49. The van der Waals surface area contributed by atoms with Crippen LogP contribution in [0.1, 0.15) is 57.8 Å². The van der Waals surface area contributed by atoms with Crippen LogP contribution in [0.5, 0.6) is 0 Å². The third-order valence-electron chi connectivity index (χ3n) is 5.69. The largest absolute Gasteiger partial charge is 0.371 e. The molecule has 1 aliphatic carbocycles. The SMILES string of the molecule is NC(=O)CC1CCN(S(=O)(=O)CC2CCCC3(CCC3)O2)CC1. The number of ether oxygens (including phenoxy) is 1. The van der Waals surface area contributed by atoms with E-state index in [1.165, 1.54) is 6.42 Å². The van der Waals surface area contributed by atoms with E-state index in [9.17, 15) is 13.2 Å². The molecule has 0 aromatic heterocycles. The maximum absolute atomic E-state index is 12.7. The summed E-state index contributed by atoms with van der Waals surface area (Å²) in [5, 5.41) is 0. The molecule has 1 amide bonds. The molecule has 0 aromatic carbocycles. The molecule has 2 heterocycles. The number of carbonyl (C=O) groups is 1. The van der Waals surface area contributed by atoms with Gasteiger partial charge in [0.25, 0.3) is 0 Å². The summed E-state index contributed by atoms with van der Waals surface area (Å²) in [7, 11) is -3.28. The van der Waals surface area contributed by atoms with Crippen LogP contribution in [0.3, 0.4) is 0 Å². The predicted octanol–water partition coefficient (Wildman–Crippen LogP) is 1.40. The molecule has 132 valence electrons. The number of primary amides is 1. The molecular formula is C16H28N2O4S. The number of sulfonamides is 1. The fourth-order valence-electron chi connectivity index (χ4n) is 4.20. The van der Waals surface area contributed by atoms with Gasteiger partial charge in [-0.2, -0.15) is 0 Å². The molecule has 0 radical (unpaired) electrons. The molecular weight excluding hydrogens is 316 g/mol. The minimum Gasteiger partial charge on any atom is -0.371 e. The molecule has 1 spiro atoms. The normalized spacial score (nSPS) is 29.3. The van der Waals surface area contributed by atoms with Crippen LogP contribution in [0.2, 0.25) is 0 Å². The Balaban J connectivity index is 1.52. The van der Waals surface area contributed by atoms with E-state index in [1.807, 2.05) is 0 Å². The lowest BCUT2D eigenvalue weighted by molar-refractivity contribution is -0.161. The summed E-state index contributed by atoms with van der Waals surface area (Å²) in [4.78, 5) is 11.0. The number of rotatable bonds is 5. The fourth-order valence-corrected chi connectivity index (χ4v) is 5.88. The van der Waals surface area contributed by atoms with Gasteiger partial charge in [0.05, 0.1) is 17.5 Å². The first-order valence-corrected chi connectivity index (χ1v) is 10.4. The van der Waals surface area contributed by atoms with Crippen molar-refractivity contribution >= 4 is 15.9 Å². The van der Waals surface area contributed by atoms with Crippen molar-refractivity contribution in [3.63, 3.8) is 0 Å². The lowest BCUT2D eigenvalue weighted by atomic mass is 9.74. The summed E-state index contributed by atoms with van der Waals surface area (Å²) in [6.45, 7) is 0.996. The molecule has 0 aromatic rings. The second-order valence-electron chi connectivity index (χ2n) is 7.46. The van der Waals surface area contributed by atoms with Crippen LogP contribution in [0.15, 0.2) is 0 Å². The Kier molecular flexibility index (Phi) is 4.99. The van der Waals surface area contributed by atoms with Crippen LogP contribution < -0.4 is 5.73 Å². The Hall–Kier alpha value is -0.660. The summed E-state index contributed by atoms with van der Waals surface area (Å²) >= 11 is 0. The Labute approximate surface area is 138 Å². The smallest absolute Gasteiger partial charge is 0.217 e.